The molecule has 1 fully saturated rings. The van der Waals surface area contributed by atoms with Crippen molar-refractivity contribution in [1.82, 2.24) is 15.3 Å². The zero-order valence-corrected chi connectivity index (χ0v) is 19.0. The largest absolute Gasteiger partial charge is 0.494 e. The highest BCUT2D eigenvalue weighted by atomic mass is 16.5. The second kappa shape index (κ2) is 11.3. The Labute approximate surface area is 194 Å². The molecule has 1 saturated heterocycles. The van der Waals surface area contributed by atoms with Gasteiger partial charge in [0, 0.05) is 37.6 Å². The van der Waals surface area contributed by atoms with Crippen LogP contribution in [0.5, 0.6) is 17.4 Å². The van der Waals surface area contributed by atoms with Crippen LogP contribution in [-0.2, 0) is 6.54 Å². The number of rotatable bonds is 9. The Morgan fingerprint density at radius 3 is 2.36 bits per heavy atom. The first-order chi connectivity index (χ1) is 16.2. The standard InChI is InChI=1S/C26H30N4O3/c1-2-18-32-22-10-6-20(7-11-22)19-29-25(31)21-8-12-23(13-9-21)33-26-24(27-14-15-28-26)30-16-4-3-5-17-30/h6-15H,2-5,16-19H2,1H3,(H,29,31). The SMILES string of the molecule is CCCOc1ccc(CNC(=O)c2ccc(Oc3nccnc3N3CCCCC3)cc2)cc1. The minimum absolute atomic E-state index is 0.138. The molecule has 1 amide bonds. The zero-order chi connectivity index (χ0) is 22.9. The molecule has 1 aliphatic heterocycles. The predicted molar refractivity (Wildman–Crippen MR) is 128 cm³/mol. The zero-order valence-electron chi connectivity index (χ0n) is 19.0. The Hall–Kier alpha value is -3.61. The van der Waals surface area contributed by atoms with E-state index in [9.17, 15) is 4.79 Å². The summed E-state index contributed by atoms with van der Waals surface area (Å²) in [6.07, 6.45) is 7.84. The third kappa shape index (κ3) is 6.22. The summed E-state index contributed by atoms with van der Waals surface area (Å²) in [4.78, 5) is 23.6. The van der Waals surface area contributed by atoms with Crippen molar-refractivity contribution in [2.24, 2.45) is 0 Å². The van der Waals surface area contributed by atoms with Gasteiger partial charge in [-0.1, -0.05) is 19.1 Å². The molecule has 0 bridgehead atoms. The highest BCUT2D eigenvalue weighted by Gasteiger charge is 2.18. The summed E-state index contributed by atoms with van der Waals surface area (Å²) >= 11 is 0. The molecule has 7 heteroatoms. The average Bonchev–Trinajstić information content (AvgIpc) is 2.88. The summed E-state index contributed by atoms with van der Waals surface area (Å²) in [5, 5.41) is 2.95. The van der Waals surface area contributed by atoms with Gasteiger partial charge in [0.25, 0.3) is 11.8 Å². The van der Waals surface area contributed by atoms with E-state index in [0.717, 1.165) is 49.5 Å². The molecule has 0 saturated carbocycles. The van der Waals surface area contributed by atoms with Gasteiger partial charge in [0.1, 0.15) is 11.5 Å². The molecule has 4 rings (SSSR count). The molecule has 1 aromatic heterocycles. The number of carbonyl (C=O) groups excluding carboxylic acids is 1. The lowest BCUT2D eigenvalue weighted by atomic mass is 10.1. The van der Waals surface area contributed by atoms with Crippen LogP contribution in [0.1, 0.15) is 48.5 Å². The number of amides is 1. The molecule has 3 aromatic rings. The van der Waals surface area contributed by atoms with E-state index in [4.69, 9.17) is 9.47 Å². The Morgan fingerprint density at radius 1 is 0.939 bits per heavy atom. The molecule has 0 spiro atoms. The maximum Gasteiger partial charge on any atom is 0.263 e. The summed E-state index contributed by atoms with van der Waals surface area (Å²) in [7, 11) is 0. The number of hydrogen-bond acceptors (Lipinski definition) is 6. The van der Waals surface area contributed by atoms with E-state index in [1.807, 2.05) is 24.3 Å². The molecule has 0 atom stereocenters. The maximum absolute atomic E-state index is 12.6. The lowest BCUT2D eigenvalue weighted by Crippen LogP contribution is -2.30. The lowest BCUT2D eigenvalue weighted by molar-refractivity contribution is 0.0951. The van der Waals surface area contributed by atoms with Crippen LogP contribution in [0.15, 0.2) is 60.9 Å². The molecular weight excluding hydrogens is 416 g/mol. The maximum atomic E-state index is 12.6. The van der Waals surface area contributed by atoms with Crippen LogP contribution in [0.3, 0.4) is 0 Å². The van der Waals surface area contributed by atoms with E-state index in [2.05, 4.69) is 27.1 Å². The molecule has 1 aliphatic rings. The Balaban J connectivity index is 1.33. The number of aromatic nitrogens is 2. The lowest BCUT2D eigenvalue weighted by Gasteiger charge is -2.28. The van der Waals surface area contributed by atoms with Gasteiger partial charge < -0.3 is 19.7 Å². The van der Waals surface area contributed by atoms with Gasteiger partial charge >= 0.3 is 0 Å². The van der Waals surface area contributed by atoms with E-state index in [-0.39, 0.29) is 5.91 Å². The van der Waals surface area contributed by atoms with Gasteiger partial charge in [-0.25, -0.2) is 9.97 Å². The molecule has 2 heterocycles. The molecule has 7 nitrogen and oxygen atoms in total. The molecule has 1 N–H and O–H groups in total. The smallest absolute Gasteiger partial charge is 0.263 e. The summed E-state index contributed by atoms with van der Waals surface area (Å²) < 4.78 is 11.6. The van der Waals surface area contributed by atoms with Gasteiger partial charge in [0.05, 0.1) is 6.61 Å². The summed E-state index contributed by atoms with van der Waals surface area (Å²) in [5.41, 5.74) is 1.58. The van der Waals surface area contributed by atoms with Crippen LogP contribution >= 0.6 is 0 Å². The quantitative estimate of drug-likeness (QED) is 0.500. The van der Waals surface area contributed by atoms with Crippen molar-refractivity contribution in [2.75, 3.05) is 24.6 Å². The van der Waals surface area contributed by atoms with Crippen molar-refractivity contribution >= 4 is 11.7 Å². The fourth-order valence-electron chi connectivity index (χ4n) is 3.71. The van der Waals surface area contributed by atoms with Crippen molar-refractivity contribution < 1.29 is 14.3 Å². The first-order valence-corrected chi connectivity index (χ1v) is 11.6. The minimum Gasteiger partial charge on any atom is -0.494 e. The second-order valence-corrected chi connectivity index (χ2v) is 8.03. The number of nitrogens with zero attached hydrogens (tertiary/aromatic N) is 3. The monoisotopic (exact) mass is 446 g/mol. The Morgan fingerprint density at radius 2 is 1.64 bits per heavy atom. The van der Waals surface area contributed by atoms with Crippen molar-refractivity contribution in [2.45, 2.75) is 39.2 Å². The van der Waals surface area contributed by atoms with Crippen LogP contribution in [0.4, 0.5) is 5.82 Å². The third-order valence-corrected chi connectivity index (χ3v) is 5.48. The van der Waals surface area contributed by atoms with Crippen molar-refractivity contribution in [3.05, 3.63) is 72.1 Å². The Bertz CT molecular complexity index is 1030. The number of piperidine rings is 1. The predicted octanol–water partition coefficient (Wildman–Crippen LogP) is 4.98. The number of ether oxygens (including phenoxy) is 2. The van der Waals surface area contributed by atoms with Gasteiger partial charge in [-0.15, -0.1) is 0 Å². The summed E-state index contributed by atoms with van der Waals surface area (Å²) in [6.45, 7) is 5.15. The van der Waals surface area contributed by atoms with Crippen LogP contribution in [0.2, 0.25) is 0 Å². The van der Waals surface area contributed by atoms with Crippen LogP contribution in [0.25, 0.3) is 0 Å². The molecule has 172 valence electrons. The highest BCUT2D eigenvalue weighted by Crippen LogP contribution is 2.29. The normalized spacial score (nSPS) is 13.4. The van der Waals surface area contributed by atoms with E-state index in [1.165, 1.54) is 6.42 Å². The molecule has 0 radical (unpaired) electrons. The molecule has 0 unspecified atom stereocenters. The molecule has 33 heavy (non-hydrogen) atoms. The topological polar surface area (TPSA) is 76.6 Å². The second-order valence-electron chi connectivity index (χ2n) is 8.03. The van der Waals surface area contributed by atoms with Gasteiger partial charge in [-0.05, 0) is 67.6 Å². The number of anilines is 1. The van der Waals surface area contributed by atoms with Crippen LogP contribution in [-0.4, -0.2) is 35.6 Å². The van der Waals surface area contributed by atoms with Crippen LogP contribution in [0, 0.1) is 0 Å². The number of carbonyl (C=O) groups is 1. The minimum atomic E-state index is -0.138. The molecule has 0 aliphatic carbocycles. The van der Waals surface area contributed by atoms with Gasteiger partial charge in [0.2, 0.25) is 0 Å². The summed E-state index contributed by atoms with van der Waals surface area (Å²) in [6, 6.07) is 14.8. The highest BCUT2D eigenvalue weighted by molar-refractivity contribution is 5.94. The van der Waals surface area contributed by atoms with E-state index >= 15 is 0 Å². The van der Waals surface area contributed by atoms with Crippen molar-refractivity contribution in [3.8, 4) is 17.4 Å². The fraction of sp³-hybridized carbons (Fsp3) is 0.346. The van der Waals surface area contributed by atoms with E-state index in [1.54, 1.807) is 36.7 Å². The van der Waals surface area contributed by atoms with E-state index < -0.39 is 0 Å². The summed E-state index contributed by atoms with van der Waals surface area (Å²) in [5.74, 6) is 2.58. The first-order valence-electron chi connectivity index (χ1n) is 11.6. The molecule has 2 aromatic carbocycles. The van der Waals surface area contributed by atoms with Crippen molar-refractivity contribution in [3.63, 3.8) is 0 Å². The third-order valence-electron chi connectivity index (χ3n) is 5.48. The fourth-order valence-corrected chi connectivity index (χ4v) is 3.71. The van der Waals surface area contributed by atoms with Gasteiger partial charge in [0.15, 0.2) is 5.82 Å². The Kier molecular flexibility index (Phi) is 7.74. The first kappa shape index (κ1) is 22.6. The number of nitrogens with one attached hydrogen (secondary N) is 1. The van der Waals surface area contributed by atoms with Gasteiger partial charge in [-0.2, -0.15) is 0 Å². The molecular formula is C26H30N4O3. The van der Waals surface area contributed by atoms with Crippen molar-refractivity contribution in [1.29, 1.82) is 0 Å². The van der Waals surface area contributed by atoms with Gasteiger partial charge in [-0.3, -0.25) is 4.79 Å². The number of benzene rings is 2. The van der Waals surface area contributed by atoms with E-state index in [0.29, 0.717) is 30.3 Å². The average molecular weight is 447 g/mol. The van der Waals surface area contributed by atoms with Crippen LogP contribution < -0.4 is 19.7 Å². The number of hydrogen-bond donors (Lipinski definition) is 1.